The molecule has 0 atom stereocenters. The van der Waals surface area contributed by atoms with Crippen molar-refractivity contribution in [3.8, 4) is 74.7 Å². The number of ketones is 4. The number of hydrogen-bond donors (Lipinski definition) is 6. The van der Waals surface area contributed by atoms with E-state index in [0.717, 1.165) is 67.3 Å². The minimum Gasteiger partial charge on any atom is -0.508 e. The summed E-state index contributed by atoms with van der Waals surface area (Å²) in [6.45, 7) is 0. The van der Waals surface area contributed by atoms with Gasteiger partial charge in [0.15, 0.2) is 69.1 Å². The molecule has 0 aliphatic heterocycles. The largest absolute Gasteiger partial charge is 0.508 e. The first-order valence-electron chi connectivity index (χ1n) is 40.3. The topological polar surface area (TPSA) is 360 Å². The Balaban J connectivity index is 0.000000198. The fraction of sp³-hybridized carbons (Fsp3) is 0.115. The Bertz CT molecular complexity index is 5980. The third-order valence-electron chi connectivity index (χ3n) is 19.2. The van der Waals surface area contributed by atoms with E-state index in [4.69, 9.17) is 62.6 Å². The Kier molecular flexibility index (Phi) is 37.6. The van der Waals surface area contributed by atoms with E-state index in [2.05, 4.69) is 21.3 Å². The van der Waals surface area contributed by atoms with Crippen molar-refractivity contribution in [3.05, 3.63) is 379 Å². The van der Waals surface area contributed by atoms with Gasteiger partial charge in [-0.05, 0) is 208 Å². The highest BCUT2D eigenvalue weighted by Gasteiger charge is 2.20. The minimum absolute atomic E-state index is 0.0348. The Morgan fingerprint density at radius 1 is 0.288 bits per heavy atom. The Labute approximate surface area is 764 Å². The van der Waals surface area contributed by atoms with E-state index in [0.29, 0.717) is 91.4 Å². The lowest BCUT2D eigenvalue weighted by Gasteiger charge is -2.12. The molecule has 28 heteroatoms. The number of nitrogens with zero attached hydrogens (tertiary/aromatic N) is 2. The molecule has 0 aliphatic rings. The summed E-state index contributed by atoms with van der Waals surface area (Å²) in [6, 6.07) is 70.0. The second kappa shape index (κ2) is 50.5. The molecule has 0 amide bonds. The Hall–Kier alpha value is -17.6. The number of benzene rings is 12. The lowest BCUT2D eigenvalue weighted by atomic mass is 10.1. The molecule has 0 saturated carbocycles. The first-order chi connectivity index (χ1) is 64.0. The highest BCUT2D eigenvalue weighted by molar-refractivity contribution is 6.08. The number of ether oxygens (including phenoxy) is 12. The van der Waals surface area contributed by atoms with Crippen LogP contribution in [-0.2, 0) is 0 Å². The monoisotopic (exact) mass is 1780 g/mol. The summed E-state index contributed by atoms with van der Waals surface area (Å²) < 4.78 is 64.6. The van der Waals surface area contributed by atoms with Crippen LogP contribution >= 0.6 is 0 Å². The first-order valence-corrected chi connectivity index (χ1v) is 40.3. The van der Waals surface area contributed by atoms with E-state index in [1.54, 1.807) is 140 Å². The molecule has 0 heterocycles. The van der Waals surface area contributed by atoms with Crippen LogP contribution in [0.2, 0.25) is 0 Å². The second-order valence-corrected chi connectivity index (χ2v) is 27.8. The number of non-ortho nitro benzene ring substituents is 1. The number of nitrogens with one attached hydrogen (secondary N) is 4. The molecule has 0 aliphatic carbocycles. The number of para-hydroxylation sites is 1. The molecule has 0 bridgehead atoms. The lowest BCUT2D eigenvalue weighted by Crippen LogP contribution is -2.01. The summed E-state index contributed by atoms with van der Waals surface area (Å²) in [4.78, 5) is 69.8. The average Bonchev–Trinajstić information content (AvgIpc) is 0.834. The number of rotatable bonds is 38. The Morgan fingerprint density at radius 3 is 0.795 bits per heavy atom. The van der Waals surface area contributed by atoms with Gasteiger partial charge in [-0.15, -0.1) is 0 Å². The Morgan fingerprint density at radius 2 is 0.538 bits per heavy atom. The maximum absolute atomic E-state index is 12.4. The van der Waals surface area contributed by atoms with Crippen LogP contribution in [0.3, 0.4) is 0 Å². The number of phenols is 1. The number of nitro groups is 2. The molecule has 0 spiro atoms. The SMILES string of the molecule is COc1cc(/C=C\c2cccc(N/C=C\C(=O)c3ccc(N)cc3)c2)cc(OC)c1OC.COc1cc(/C=C\c2cccc(N/C=C\C(=O)c3ccc(O)cc3)c2)cc(OC)c1OC.COc1cc(/C=C\c2cccc(N/C=C\C(=O)c3ccc([N+](=O)[O-])cc3)c2)cc(OC)c1OC.COc1cc(/C=C\c2cccc(N/C=C\C(=O)c3ccccc3[N+](=O)[O-])c2)cc(OC)c1OC. The van der Waals surface area contributed by atoms with E-state index in [-0.39, 0.29) is 40.0 Å². The van der Waals surface area contributed by atoms with Gasteiger partial charge in [0.25, 0.3) is 11.4 Å². The third kappa shape index (κ3) is 29.0. The number of phenolic OH excluding ortho intramolecular Hbond substituents is 1. The molecule has 0 radical (unpaired) electrons. The van der Waals surface area contributed by atoms with Crippen LogP contribution in [0.5, 0.6) is 74.7 Å². The number of nitrogens with two attached hydrogens (primary N) is 1. The van der Waals surface area contributed by atoms with Gasteiger partial charge in [0.2, 0.25) is 23.0 Å². The van der Waals surface area contributed by atoms with E-state index in [9.17, 15) is 44.5 Å². The van der Waals surface area contributed by atoms with Gasteiger partial charge in [-0.3, -0.25) is 39.4 Å². The summed E-state index contributed by atoms with van der Waals surface area (Å²) in [6.07, 6.45) is 27.4. The summed E-state index contributed by atoms with van der Waals surface area (Å²) in [5, 5.41) is 43.5. The quantitative estimate of drug-likeness (QED) is 0.00523. The number of allylic oxidation sites excluding steroid dienone is 4. The fourth-order valence-corrected chi connectivity index (χ4v) is 12.6. The lowest BCUT2D eigenvalue weighted by molar-refractivity contribution is -0.385. The van der Waals surface area contributed by atoms with Gasteiger partial charge in [0.1, 0.15) is 5.75 Å². The molecule has 0 fully saturated rings. The van der Waals surface area contributed by atoms with Gasteiger partial charge in [-0.2, -0.15) is 0 Å². The normalized spacial score (nSPS) is 10.9. The van der Waals surface area contributed by atoms with Gasteiger partial charge in [0.05, 0.1) is 101 Å². The molecule has 0 unspecified atom stereocenters. The van der Waals surface area contributed by atoms with Crippen LogP contribution < -0.4 is 83.8 Å². The number of carbonyl (C=O) groups is 4. The van der Waals surface area contributed by atoms with Gasteiger partial charge in [0, 0.05) is 112 Å². The van der Waals surface area contributed by atoms with E-state index in [1.165, 1.54) is 91.3 Å². The number of aromatic hydroxyl groups is 1. The van der Waals surface area contributed by atoms with Crippen LogP contribution in [-0.4, -0.2) is 123 Å². The molecule has 28 nitrogen and oxygen atoms in total. The van der Waals surface area contributed by atoms with Gasteiger partial charge >= 0.3 is 0 Å². The molecule has 12 rings (SSSR count). The number of carbonyl (C=O) groups excluding carboxylic acids is 4. The maximum Gasteiger partial charge on any atom is 0.280 e. The molecule has 12 aromatic carbocycles. The molecule has 132 heavy (non-hydrogen) atoms. The molecule has 0 aromatic heterocycles. The zero-order chi connectivity index (χ0) is 94.9. The number of anilines is 5. The van der Waals surface area contributed by atoms with Gasteiger partial charge < -0.3 is 88.9 Å². The molecular formula is C104H99N7O21. The van der Waals surface area contributed by atoms with E-state index in [1.807, 2.05) is 194 Å². The van der Waals surface area contributed by atoms with Gasteiger partial charge in [-0.25, -0.2) is 0 Å². The van der Waals surface area contributed by atoms with Crippen LogP contribution in [0.15, 0.2) is 292 Å². The van der Waals surface area contributed by atoms with Crippen molar-refractivity contribution < 1.29 is 91.0 Å². The van der Waals surface area contributed by atoms with Crippen LogP contribution in [0.4, 0.5) is 39.8 Å². The van der Waals surface area contributed by atoms with Crippen molar-refractivity contribution in [2.45, 2.75) is 0 Å². The molecule has 676 valence electrons. The molecule has 7 N–H and O–H groups in total. The fourth-order valence-electron chi connectivity index (χ4n) is 12.6. The maximum atomic E-state index is 12.4. The predicted octanol–water partition coefficient (Wildman–Crippen LogP) is 21.9. The van der Waals surface area contributed by atoms with Crippen molar-refractivity contribution in [1.82, 2.24) is 0 Å². The van der Waals surface area contributed by atoms with Crippen molar-refractivity contribution in [1.29, 1.82) is 0 Å². The van der Waals surface area contributed by atoms with Crippen molar-refractivity contribution in [2.24, 2.45) is 0 Å². The highest BCUT2D eigenvalue weighted by atomic mass is 16.6. The zero-order valence-electron chi connectivity index (χ0n) is 74.4. The van der Waals surface area contributed by atoms with Crippen molar-refractivity contribution in [3.63, 3.8) is 0 Å². The summed E-state index contributed by atoms with van der Waals surface area (Å²) >= 11 is 0. The summed E-state index contributed by atoms with van der Waals surface area (Å²) in [7, 11) is 18.9. The molecular weight excluding hydrogens is 1680 g/mol. The first kappa shape index (κ1) is 98.2. The van der Waals surface area contributed by atoms with Crippen molar-refractivity contribution >= 4 is 112 Å². The van der Waals surface area contributed by atoms with Crippen LogP contribution in [0.25, 0.3) is 48.6 Å². The molecule has 0 saturated heterocycles. The van der Waals surface area contributed by atoms with Crippen LogP contribution in [0.1, 0.15) is 85.9 Å². The third-order valence-corrected chi connectivity index (χ3v) is 19.2. The highest BCUT2D eigenvalue weighted by Crippen LogP contribution is 2.43. The van der Waals surface area contributed by atoms with Crippen LogP contribution in [0, 0.1) is 20.2 Å². The molecule has 12 aromatic rings. The number of nitrogen functional groups attached to an aromatic ring is 1. The summed E-state index contributed by atoms with van der Waals surface area (Å²) in [5.41, 5.74) is 18.1. The standard InChI is InChI=1S/2C26H24N2O6.C26H26N2O4.C26H25NO5/c1-32-24-16-19(17-25(33-2)26(24)34-3)12-11-18-7-6-8-20(15-18)27-14-13-23(29)21-9-4-5-10-22(21)28(30)31;1-32-24-16-19(17-25(33-2)26(24)34-3)8-7-18-5-4-6-21(15-18)27-14-13-23(29)20-9-11-22(12-10-20)28(30)31;1-30-24-16-19(17-25(31-2)26(24)32-3)8-7-18-5-4-6-22(15-18)28-14-13-23(29)20-9-11-21(27)12-10-20;1-30-24-16-19(17-25(31-2)26(24)32-3)8-7-18-5-4-6-21(15-18)27-14-13-23(29)20-9-11-22(28)12-10-20/h2*4-17,27H,1-3H3;4-17,28H,27H2,1-3H3;4-17,27-28H,1-3H3/b12-11-,14-13-;3*8-7-,14-13-. The summed E-state index contributed by atoms with van der Waals surface area (Å²) in [5.74, 6) is 5.93. The smallest absolute Gasteiger partial charge is 0.280 e. The average molecular weight is 1780 g/mol. The minimum atomic E-state index is -0.571. The number of hydrogen-bond acceptors (Lipinski definition) is 26. The number of methoxy groups -OCH3 is 12. The number of nitro benzene ring substituents is 2. The predicted molar refractivity (Wildman–Crippen MR) is 519 cm³/mol. The van der Waals surface area contributed by atoms with E-state index >= 15 is 0 Å². The van der Waals surface area contributed by atoms with Gasteiger partial charge in [-0.1, -0.05) is 109 Å². The zero-order valence-corrected chi connectivity index (χ0v) is 74.4. The van der Waals surface area contributed by atoms with E-state index < -0.39 is 15.6 Å². The second-order valence-electron chi connectivity index (χ2n) is 27.8. The van der Waals surface area contributed by atoms with Crippen molar-refractivity contribution in [2.75, 3.05) is 112 Å².